The lowest BCUT2D eigenvalue weighted by molar-refractivity contribution is -0.140. The summed E-state index contributed by atoms with van der Waals surface area (Å²) in [4.78, 5) is 10.4. The number of hydrogen-bond donors (Lipinski definition) is 2. The van der Waals surface area contributed by atoms with Gasteiger partial charge in [-0.3, -0.25) is 5.32 Å². The molecule has 0 spiro atoms. The SMILES string of the molecule is O=C(O)C1(Cc2ccccc2)NCCS1. The van der Waals surface area contributed by atoms with Crippen LogP contribution in [0.4, 0.5) is 0 Å². The maximum Gasteiger partial charge on any atom is 0.334 e. The first kappa shape index (κ1) is 10.5. The van der Waals surface area contributed by atoms with Gasteiger partial charge in [-0.15, -0.1) is 11.8 Å². The zero-order valence-corrected chi connectivity index (χ0v) is 9.09. The molecule has 1 atom stereocenters. The largest absolute Gasteiger partial charge is 0.479 e. The van der Waals surface area contributed by atoms with Crippen LogP contribution in [0.2, 0.25) is 0 Å². The molecule has 1 aromatic carbocycles. The van der Waals surface area contributed by atoms with Crippen molar-refractivity contribution in [1.82, 2.24) is 5.32 Å². The molecule has 4 heteroatoms. The van der Waals surface area contributed by atoms with Crippen molar-refractivity contribution in [1.29, 1.82) is 0 Å². The second kappa shape index (κ2) is 4.24. The molecular formula is C11H13NO2S. The lowest BCUT2D eigenvalue weighted by Gasteiger charge is -2.23. The maximum atomic E-state index is 11.2. The highest BCUT2D eigenvalue weighted by atomic mass is 32.2. The molecule has 0 radical (unpaired) electrons. The third-order valence-corrected chi connectivity index (χ3v) is 3.87. The highest BCUT2D eigenvalue weighted by Gasteiger charge is 2.41. The quantitative estimate of drug-likeness (QED) is 0.812. The average Bonchev–Trinajstić information content (AvgIpc) is 2.69. The Morgan fingerprint density at radius 2 is 2.20 bits per heavy atom. The predicted molar refractivity (Wildman–Crippen MR) is 61.0 cm³/mol. The fraction of sp³-hybridized carbons (Fsp3) is 0.364. The first-order valence-corrected chi connectivity index (χ1v) is 5.88. The number of thioether (sulfide) groups is 1. The van der Waals surface area contributed by atoms with E-state index in [0.717, 1.165) is 17.9 Å². The van der Waals surface area contributed by atoms with Crippen molar-refractivity contribution in [3.63, 3.8) is 0 Å². The van der Waals surface area contributed by atoms with Crippen LogP contribution >= 0.6 is 11.8 Å². The number of carboxylic acids is 1. The van der Waals surface area contributed by atoms with E-state index in [1.165, 1.54) is 11.8 Å². The van der Waals surface area contributed by atoms with Gasteiger partial charge in [-0.2, -0.15) is 0 Å². The monoisotopic (exact) mass is 223 g/mol. The molecule has 15 heavy (non-hydrogen) atoms. The van der Waals surface area contributed by atoms with E-state index in [0.29, 0.717) is 6.42 Å². The molecule has 1 unspecified atom stereocenters. The molecule has 0 saturated carbocycles. The third kappa shape index (κ3) is 2.16. The predicted octanol–water partition coefficient (Wildman–Crippen LogP) is 1.35. The van der Waals surface area contributed by atoms with E-state index in [2.05, 4.69) is 5.32 Å². The molecule has 0 bridgehead atoms. The number of hydrogen-bond acceptors (Lipinski definition) is 3. The van der Waals surface area contributed by atoms with Crippen molar-refractivity contribution in [2.75, 3.05) is 12.3 Å². The Labute approximate surface area is 92.9 Å². The smallest absolute Gasteiger partial charge is 0.334 e. The first-order valence-electron chi connectivity index (χ1n) is 4.89. The van der Waals surface area contributed by atoms with Gasteiger partial charge in [0.2, 0.25) is 0 Å². The van der Waals surface area contributed by atoms with E-state index in [-0.39, 0.29) is 0 Å². The van der Waals surface area contributed by atoms with Crippen LogP contribution in [0.5, 0.6) is 0 Å². The van der Waals surface area contributed by atoms with Gasteiger partial charge in [0.05, 0.1) is 0 Å². The minimum atomic E-state index is -0.818. The summed E-state index contributed by atoms with van der Waals surface area (Å²) in [5.41, 5.74) is 1.06. The van der Waals surface area contributed by atoms with Crippen LogP contribution in [0.3, 0.4) is 0 Å². The Balaban J connectivity index is 2.18. The minimum Gasteiger partial charge on any atom is -0.479 e. The summed E-state index contributed by atoms with van der Waals surface area (Å²) in [5.74, 6) is 0.0907. The van der Waals surface area contributed by atoms with Crippen LogP contribution in [0, 0.1) is 0 Å². The van der Waals surface area contributed by atoms with Crippen molar-refractivity contribution in [2.24, 2.45) is 0 Å². The standard InChI is InChI=1S/C11H13NO2S/c13-10(14)11(12-6-7-15-11)8-9-4-2-1-3-5-9/h1-5,12H,6-8H2,(H,13,14). The number of benzene rings is 1. The van der Waals surface area contributed by atoms with Gasteiger partial charge in [-0.05, 0) is 5.56 Å². The van der Waals surface area contributed by atoms with E-state index in [9.17, 15) is 9.90 Å². The first-order chi connectivity index (χ1) is 7.23. The molecule has 0 aliphatic carbocycles. The summed E-state index contributed by atoms with van der Waals surface area (Å²) in [7, 11) is 0. The molecule has 1 fully saturated rings. The Bertz CT molecular complexity index is 347. The summed E-state index contributed by atoms with van der Waals surface area (Å²) >= 11 is 1.48. The van der Waals surface area contributed by atoms with Crippen molar-refractivity contribution in [3.8, 4) is 0 Å². The van der Waals surface area contributed by atoms with Gasteiger partial charge in [0.15, 0.2) is 4.87 Å². The zero-order chi connectivity index (χ0) is 10.7. The van der Waals surface area contributed by atoms with E-state index in [1.54, 1.807) is 0 Å². The summed E-state index contributed by atoms with van der Waals surface area (Å²) in [6.45, 7) is 0.768. The molecule has 2 rings (SSSR count). The Morgan fingerprint density at radius 1 is 1.47 bits per heavy atom. The zero-order valence-electron chi connectivity index (χ0n) is 8.27. The number of rotatable bonds is 3. The second-order valence-electron chi connectivity index (χ2n) is 3.57. The summed E-state index contributed by atoms with van der Waals surface area (Å²) in [6.07, 6.45) is 0.536. The van der Waals surface area contributed by atoms with Gasteiger partial charge in [0.25, 0.3) is 0 Å². The van der Waals surface area contributed by atoms with Gasteiger partial charge in [0.1, 0.15) is 0 Å². The van der Waals surface area contributed by atoms with E-state index < -0.39 is 10.8 Å². The van der Waals surface area contributed by atoms with Crippen LogP contribution in [-0.2, 0) is 11.2 Å². The van der Waals surface area contributed by atoms with Crippen molar-refractivity contribution >= 4 is 17.7 Å². The Hall–Kier alpha value is -1.00. The topological polar surface area (TPSA) is 49.3 Å². The molecule has 1 aliphatic heterocycles. The van der Waals surface area contributed by atoms with Crippen molar-refractivity contribution < 1.29 is 9.90 Å². The molecule has 1 saturated heterocycles. The molecule has 2 N–H and O–H groups in total. The van der Waals surface area contributed by atoms with Gasteiger partial charge < -0.3 is 5.11 Å². The van der Waals surface area contributed by atoms with E-state index in [1.807, 2.05) is 30.3 Å². The molecule has 0 aromatic heterocycles. The van der Waals surface area contributed by atoms with Crippen molar-refractivity contribution in [2.45, 2.75) is 11.3 Å². The Morgan fingerprint density at radius 3 is 2.73 bits per heavy atom. The van der Waals surface area contributed by atoms with Crippen molar-refractivity contribution in [3.05, 3.63) is 35.9 Å². The number of aliphatic carboxylic acids is 1. The average molecular weight is 223 g/mol. The van der Waals surface area contributed by atoms with E-state index in [4.69, 9.17) is 0 Å². The van der Waals surface area contributed by atoms with Gasteiger partial charge in [0, 0.05) is 18.7 Å². The molecule has 80 valence electrons. The molecular weight excluding hydrogens is 210 g/mol. The molecule has 1 aliphatic rings. The second-order valence-corrected chi connectivity index (χ2v) is 4.96. The molecule has 1 heterocycles. The molecule has 0 amide bonds. The summed E-state index contributed by atoms with van der Waals surface area (Å²) < 4.78 is 0. The van der Waals surface area contributed by atoms with Crippen LogP contribution in [0.15, 0.2) is 30.3 Å². The van der Waals surface area contributed by atoms with Crippen LogP contribution < -0.4 is 5.32 Å². The van der Waals surface area contributed by atoms with Gasteiger partial charge in [-0.25, -0.2) is 4.79 Å². The highest BCUT2D eigenvalue weighted by molar-refractivity contribution is 8.01. The maximum absolute atomic E-state index is 11.2. The summed E-state index contributed by atoms with van der Waals surface area (Å²) in [6, 6.07) is 9.73. The normalized spacial score (nSPS) is 25.3. The Kier molecular flexibility index (Phi) is 2.98. The third-order valence-electron chi connectivity index (χ3n) is 2.50. The summed E-state index contributed by atoms with van der Waals surface area (Å²) in [5, 5.41) is 12.3. The highest BCUT2D eigenvalue weighted by Crippen LogP contribution is 2.31. The van der Waals surface area contributed by atoms with Crippen LogP contribution in [0.25, 0.3) is 0 Å². The fourth-order valence-electron chi connectivity index (χ4n) is 1.74. The lowest BCUT2D eigenvalue weighted by Crippen LogP contribution is -2.47. The molecule has 1 aromatic rings. The van der Waals surface area contributed by atoms with Crippen LogP contribution in [0.1, 0.15) is 5.56 Å². The lowest BCUT2D eigenvalue weighted by atomic mass is 10.1. The van der Waals surface area contributed by atoms with Crippen LogP contribution in [-0.4, -0.2) is 28.2 Å². The molecule has 3 nitrogen and oxygen atoms in total. The minimum absolute atomic E-state index is 0.536. The number of carboxylic acid groups (broad SMARTS) is 1. The van der Waals surface area contributed by atoms with Gasteiger partial charge in [-0.1, -0.05) is 30.3 Å². The fourth-order valence-corrected chi connectivity index (χ4v) is 2.89. The number of nitrogens with one attached hydrogen (secondary N) is 1. The van der Waals surface area contributed by atoms with Gasteiger partial charge >= 0.3 is 5.97 Å². The van der Waals surface area contributed by atoms with E-state index >= 15 is 0 Å². The number of carbonyl (C=O) groups is 1.